The molecule has 0 saturated carbocycles. The number of pyridine rings is 1. The highest BCUT2D eigenvalue weighted by Gasteiger charge is 2.14. The van der Waals surface area contributed by atoms with Gasteiger partial charge in [0.25, 0.3) is 0 Å². The van der Waals surface area contributed by atoms with Gasteiger partial charge >= 0.3 is 0 Å². The summed E-state index contributed by atoms with van der Waals surface area (Å²) in [6.45, 7) is 0. The third kappa shape index (κ3) is 4.11. The predicted molar refractivity (Wildman–Crippen MR) is 84.5 cm³/mol. The summed E-state index contributed by atoms with van der Waals surface area (Å²) in [5.41, 5.74) is 5.07. The minimum absolute atomic E-state index is 0.0303. The standard InChI is InChI=1S/C14H15Br2N3/c15-11-8-12(16)14(18-9-11)13(19-17)7-6-10-4-2-1-3-5-10/h1-5,8-9,13,19H,6-7,17H2. The van der Waals surface area contributed by atoms with Gasteiger partial charge in [-0.2, -0.15) is 0 Å². The van der Waals surface area contributed by atoms with E-state index in [-0.39, 0.29) is 6.04 Å². The molecule has 2 aromatic rings. The molecule has 3 nitrogen and oxygen atoms in total. The van der Waals surface area contributed by atoms with E-state index in [1.165, 1.54) is 5.56 Å². The second kappa shape index (κ2) is 7.14. The van der Waals surface area contributed by atoms with Gasteiger partial charge in [-0.3, -0.25) is 16.3 Å². The maximum Gasteiger partial charge on any atom is 0.0729 e. The van der Waals surface area contributed by atoms with E-state index >= 15 is 0 Å². The van der Waals surface area contributed by atoms with Crippen molar-refractivity contribution in [3.63, 3.8) is 0 Å². The smallest absolute Gasteiger partial charge is 0.0729 e. The SMILES string of the molecule is NNC(CCc1ccccc1)c1ncc(Br)cc1Br. The van der Waals surface area contributed by atoms with Crippen molar-refractivity contribution in [2.24, 2.45) is 5.84 Å². The zero-order valence-electron chi connectivity index (χ0n) is 10.3. The van der Waals surface area contributed by atoms with Crippen LogP contribution in [0.1, 0.15) is 23.7 Å². The number of nitrogens with one attached hydrogen (secondary N) is 1. The fourth-order valence-electron chi connectivity index (χ4n) is 1.94. The average Bonchev–Trinajstić information content (AvgIpc) is 2.42. The lowest BCUT2D eigenvalue weighted by Crippen LogP contribution is -2.29. The number of nitrogens with two attached hydrogens (primary N) is 1. The molecule has 0 amide bonds. The Bertz CT molecular complexity index is 531. The van der Waals surface area contributed by atoms with Crippen molar-refractivity contribution in [3.05, 3.63) is 62.8 Å². The fraction of sp³-hybridized carbons (Fsp3) is 0.214. The molecule has 1 aromatic heterocycles. The Kier molecular flexibility index (Phi) is 5.51. The molecule has 0 aliphatic carbocycles. The molecule has 0 radical (unpaired) electrons. The minimum Gasteiger partial charge on any atom is -0.271 e. The summed E-state index contributed by atoms with van der Waals surface area (Å²) in [4.78, 5) is 4.43. The van der Waals surface area contributed by atoms with Crippen LogP contribution in [-0.2, 0) is 6.42 Å². The summed E-state index contributed by atoms with van der Waals surface area (Å²) in [7, 11) is 0. The van der Waals surface area contributed by atoms with Crippen molar-refractivity contribution in [1.82, 2.24) is 10.4 Å². The van der Waals surface area contributed by atoms with Crippen LogP contribution in [0.5, 0.6) is 0 Å². The number of aromatic nitrogens is 1. The number of aryl methyl sites for hydroxylation is 1. The van der Waals surface area contributed by atoms with E-state index in [4.69, 9.17) is 5.84 Å². The monoisotopic (exact) mass is 383 g/mol. The van der Waals surface area contributed by atoms with Gasteiger partial charge in [0, 0.05) is 15.1 Å². The van der Waals surface area contributed by atoms with E-state index in [2.05, 4.69) is 54.4 Å². The first-order chi connectivity index (χ1) is 9.20. The lowest BCUT2D eigenvalue weighted by molar-refractivity contribution is 0.502. The molecule has 0 spiro atoms. The van der Waals surface area contributed by atoms with Gasteiger partial charge in [-0.15, -0.1) is 0 Å². The lowest BCUT2D eigenvalue weighted by Gasteiger charge is -2.17. The Balaban J connectivity index is 2.08. The molecule has 0 fully saturated rings. The normalized spacial score (nSPS) is 12.4. The van der Waals surface area contributed by atoms with Crippen LogP contribution in [0.3, 0.4) is 0 Å². The Morgan fingerprint density at radius 1 is 1.21 bits per heavy atom. The van der Waals surface area contributed by atoms with Gasteiger partial charge in [-0.25, -0.2) is 0 Å². The molecule has 5 heteroatoms. The van der Waals surface area contributed by atoms with E-state index in [1.807, 2.05) is 24.3 Å². The van der Waals surface area contributed by atoms with Crippen molar-refractivity contribution in [2.45, 2.75) is 18.9 Å². The van der Waals surface area contributed by atoms with Gasteiger partial charge in [-0.1, -0.05) is 30.3 Å². The van der Waals surface area contributed by atoms with Crippen molar-refractivity contribution in [1.29, 1.82) is 0 Å². The van der Waals surface area contributed by atoms with Crippen LogP contribution in [0.15, 0.2) is 51.5 Å². The first-order valence-corrected chi connectivity index (χ1v) is 7.60. The maximum absolute atomic E-state index is 5.65. The van der Waals surface area contributed by atoms with E-state index in [0.29, 0.717) is 0 Å². The fourth-order valence-corrected chi connectivity index (χ4v) is 3.20. The third-order valence-electron chi connectivity index (χ3n) is 2.93. The molecule has 100 valence electrons. The molecule has 0 saturated heterocycles. The lowest BCUT2D eigenvalue weighted by atomic mass is 10.0. The van der Waals surface area contributed by atoms with Crippen molar-refractivity contribution >= 4 is 31.9 Å². The average molecular weight is 385 g/mol. The van der Waals surface area contributed by atoms with Gasteiger partial charge in [-0.05, 0) is 56.3 Å². The quantitative estimate of drug-likeness (QED) is 0.609. The number of hydrogen-bond acceptors (Lipinski definition) is 3. The van der Waals surface area contributed by atoms with Crippen LogP contribution in [-0.4, -0.2) is 4.98 Å². The Morgan fingerprint density at radius 3 is 2.58 bits per heavy atom. The number of nitrogens with zero attached hydrogens (tertiary/aromatic N) is 1. The highest BCUT2D eigenvalue weighted by molar-refractivity contribution is 9.11. The molecular weight excluding hydrogens is 370 g/mol. The Hall–Kier alpha value is -0.750. The number of rotatable bonds is 5. The molecule has 3 N–H and O–H groups in total. The van der Waals surface area contributed by atoms with E-state index in [0.717, 1.165) is 27.5 Å². The van der Waals surface area contributed by atoms with Crippen molar-refractivity contribution in [2.75, 3.05) is 0 Å². The van der Waals surface area contributed by atoms with Crippen LogP contribution in [0.2, 0.25) is 0 Å². The van der Waals surface area contributed by atoms with E-state index in [9.17, 15) is 0 Å². The van der Waals surface area contributed by atoms with Crippen LogP contribution in [0.25, 0.3) is 0 Å². The van der Waals surface area contributed by atoms with E-state index < -0.39 is 0 Å². The maximum atomic E-state index is 5.65. The zero-order valence-corrected chi connectivity index (χ0v) is 13.5. The molecule has 1 heterocycles. The van der Waals surface area contributed by atoms with Crippen molar-refractivity contribution in [3.8, 4) is 0 Å². The highest BCUT2D eigenvalue weighted by Crippen LogP contribution is 2.26. The summed E-state index contributed by atoms with van der Waals surface area (Å²) in [6, 6.07) is 12.4. The summed E-state index contributed by atoms with van der Waals surface area (Å²) in [5, 5.41) is 0. The largest absolute Gasteiger partial charge is 0.271 e. The topological polar surface area (TPSA) is 50.9 Å². The predicted octanol–water partition coefficient (Wildman–Crippen LogP) is 3.74. The molecule has 1 aromatic carbocycles. The molecule has 0 aliphatic heterocycles. The van der Waals surface area contributed by atoms with Gasteiger partial charge in [0.15, 0.2) is 0 Å². The van der Waals surface area contributed by atoms with Gasteiger partial charge in [0.1, 0.15) is 0 Å². The number of halogens is 2. The zero-order chi connectivity index (χ0) is 13.7. The highest BCUT2D eigenvalue weighted by atomic mass is 79.9. The molecule has 1 unspecified atom stereocenters. The van der Waals surface area contributed by atoms with Gasteiger partial charge in [0.05, 0.1) is 11.7 Å². The number of hydrogen-bond donors (Lipinski definition) is 2. The Morgan fingerprint density at radius 2 is 1.95 bits per heavy atom. The second-order valence-corrected chi connectivity index (χ2v) is 6.03. The molecular formula is C14H15Br2N3. The summed E-state index contributed by atoms with van der Waals surface area (Å²) in [6.07, 6.45) is 3.64. The number of benzene rings is 1. The molecule has 0 aliphatic rings. The minimum atomic E-state index is 0.0303. The number of hydrazine groups is 1. The first-order valence-electron chi connectivity index (χ1n) is 6.01. The summed E-state index contributed by atoms with van der Waals surface area (Å²) < 4.78 is 1.90. The molecule has 19 heavy (non-hydrogen) atoms. The third-order valence-corrected chi connectivity index (χ3v) is 4.00. The first kappa shape index (κ1) is 14.7. The Labute approximate surface area is 129 Å². The van der Waals surface area contributed by atoms with Crippen LogP contribution in [0, 0.1) is 0 Å². The van der Waals surface area contributed by atoms with Gasteiger partial charge < -0.3 is 0 Å². The van der Waals surface area contributed by atoms with Crippen LogP contribution < -0.4 is 11.3 Å². The molecule has 0 bridgehead atoms. The van der Waals surface area contributed by atoms with E-state index in [1.54, 1.807) is 6.20 Å². The van der Waals surface area contributed by atoms with Gasteiger partial charge in [0.2, 0.25) is 0 Å². The summed E-state index contributed by atoms with van der Waals surface area (Å²) in [5.74, 6) is 5.65. The second-order valence-electron chi connectivity index (χ2n) is 4.26. The van der Waals surface area contributed by atoms with Crippen LogP contribution >= 0.6 is 31.9 Å². The summed E-state index contributed by atoms with van der Waals surface area (Å²) >= 11 is 6.93. The molecule has 1 atom stereocenters. The molecule has 2 rings (SSSR count). The van der Waals surface area contributed by atoms with Crippen LogP contribution in [0.4, 0.5) is 0 Å². The van der Waals surface area contributed by atoms with Crippen molar-refractivity contribution < 1.29 is 0 Å².